The smallest absolute Gasteiger partial charge is 0.335 e. The lowest BCUT2D eigenvalue weighted by Gasteiger charge is -2.28. The molecule has 31 heavy (non-hydrogen) atoms. The number of alkyl halides is 3. The molecule has 3 heterocycles. The zero-order valence-corrected chi connectivity index (χ0v) is 18.0. The lowest BCUT2D eigenvalue weighted by Crippen LogP contribution is -2.35. The van der Waals surface area contributed by atoms with Crippen LogP contribution in [0.4, 0.5) is 13.2 Å². The Balaban J connectivity index is 1.72. The van der Waals surface area contributed by atoms with E-state index in [9.17, 15) is 18.0 Å². The van der Waals surface area contributed by atoms with Crippen molar-refractivity contribution in [1.29, 1.82) is 0 Å². The Hall–Kier alpha value is -2.61. The SMILES string of the molecule is CCn1ncc(CN2CCC[C@@H]2Cn2c(C(F)(F)F)cc(=O)c3cc(C)ccc32)c1C. The van der Waals surface area contributed by atoms with E-state index in [4.69, 9.17) is 0 Å². The summed E-state index contributed by atoms with van der Waals surface area (Å²) in [5.74, 6) is 0. The molecule has 0 radical (unpaired) electrons. The van der Waals surface area contributed by atoms with Crippen LogP contribution in [0.25, 0.3) is 10.9 Å². The predicted molar refractivity (Wildman–Crippen MR) is 114 cm³/mol. The second-order valence-corrected chi connectivity index (χ2v) is 8.36. The van der Waals surface area contributed by atoms with E-state index in [2.05, 4.69) is 10.00 Å². The maximum Gasteiger partial charge on any atom is 0.431 e. The fourth-order valence-corrected chi connectivity index (χ4v) is 4.62. The highest BCUT2D eigenvalue weighted by Gasteiger charge is 2.36. The molecule has 0 N–H and O–H groups in total. The van der Waals surface area contributed by atoms with Gasteiger partial charge in [-0.2, -0.15) is 18.3 Å². The Kier molecular flexibility index (Phi) is 5.68. The summed E-state index contributed by atoms with van der Waals surface area (Å²) in [5, 5.41) is 4.72. The van der Waals surface area contributed by atoms with E-state index in [0.717, 1.165) is 48.8 Å². The highest BCUT2D eigenvalue weighted by atomic mass is 19.4. The van der Waals surface area contributed by atoms with Crippen molar-refractivity contribution in [2.45, 2.75) is 65.5 Å². The zero-order chi connectivity index (χ0) is 22.3. The summed E-state index contributed by atoms with van der Waals surface area (Å²) < 4.78 is 44.8. The Bertz CT molecular complexity index is 1160. The molecule has 4 rings (SSSR count). The highest BCUT2D eigenvalue weighted by molar-refractivity contribution is 5.80. The highest BCUT2D eigenvalue weighted by Crippen LogP contribution is 2.32. The minimum Gasteiger partial charge on any atom is -0.335 e. The topological polar surface area (TPSA) is 43.1 Å². The van der Waals surface area contributed by atoms with Gasteiger partial charge < -0.3 is 4.57 Å². The standard InChI is InChI=1S/C23H27F3N4O/c1-4-30-16(3)17(12-27-30)13-28-9-5-6-18(28)14-29-20-8-7-15(2)10-19(20)21(31)11-22(29)23(24,25)26/h7-8,10-12,18H,4-6,9,13-14H2,1-3H3/t18-/m1/s1. The average molecular weight is 432 g/mol. The number of fused-ring (bicyclic) bond motifs is 1. The molecule has 1 saturated heterocycles. The maximum atomic E-state index is 13.9. The molecular formula is C23H27F3N4O. The molecule has 166 valence electrons. The number of hydrogen-bond donors (Lipinski definition) is 0. The lowest BCUT2D eigenvalue weighted by atomic mass is 10.1. The molecule has 1 aliphatic heterocycles. The number of aryl methyl sites for hydroxylation is 2. The summed E-state index contributed by atoms with van der Waals surface area (Å²) in [6.45, 7) is 8.36. The first-order valence-corrected chi connectivity index (χ1v) is 10.7. The van der Waals surface area contributed by atoms with Gasteiger partial charge in [0.1, 0.15) is 5.69 Å². The minimum absolute atomic E-state index is 0.0440. The third-order valence-electron chi connectivity index (χ3n) is 6.33. The van der Waals surface area contributed by atoms with Crippen molar-refractivity contribution in [2.75, 3.05) is 6.54 Å². The number of benzene rings is 1. The molecule has 8 heteroatoms. The van der Waals surface area contributed by atoms with Gasteiger partial charge in [0.15, 0.2) is 5.43 Å². The summed E-state index contributed by atoms with van der Waals surface area (Å²) >= 11 is 0. The van der Waals surface area contributed by atoms with Crippen LogP contribution in [0.1, 0.15) is 42.3 Å². The fourth-order valence-electron chi connectivity index (χ4n) is 4.62. The van der Waals surface area contributed by atoms with E-state index in [0.29, 0.717) is 17.4 Å². The van der Waals surface area contributed by atoms with Gasteiger partial charge in [-0.05, 0) is 52.3 Å². The third-order valence-corrected chi connectivity index (χ3v) is 6.33. The average Bonchev–Trinajstić information content (AvgIpc) is 3.29. The molecule has 0 bridgehead atoms. The number of halogens is 3. The quantitative estimate of drug-likeness (QED) is 0.596. The molecule has 1 aromatic carbocycles. The van der Waals surface area contributed by atoms with Crippen molar-refractivity contribution < 1.29 is 13.2 Å². The van der Waals surface area contributed by atoms with Crippen LogP contribution in [-0.2, 0) is 25.8 Å². The van der Waals surface area contributed by atoms with Crippen molar-refractivity contribution in [2.24, 2.45) is 0 Å². The van der Waals surface area contributed by atoms with Gasteiger partial charge in [-0.1, -0.05) is 11.6 Å². The van der Waals surface area contributed by atoms with Gasteiger partial charge in [-0.3, -0.25) is 14.4 Å². The van der Waals surface area contributed by atoms with Crippen molar-refractivity contribution in [3.63, 3.8) is 0 Å². The molecule has 5 nitrogen and oxygen atoms in total. The number of aromatic nitrogens is 3. The Labute approximate surface area is 179 Å². The van der Waals surface area contributed by atoms with E-state index in [-0.39, 0.29) is 12.6 Å². The van der Waals surface area contributed by atoms with Gasteiger partial charge in [-0.15, -0.1) is 0 Å². The molecule has 1 aliphatic rings. The predicted octanol–water partition coefficient (Wildman–Crippen LogP) is 4.52. The fraction of sp³-hybridized carbons (Fsp3) is 0.478. The van der Waals surface area contributed by atoms with Gasteiger partial charge in [-0.25, -0.2) is 0 Å². The number of nitrogens with zero attached hydrogens (tertiary/aromatic N) is 4. The van der Waals surface area contributed by atoms with Crippen molar-refractivity contribution in [3.8, 4) is 0 Å². The molecule has 0 spiro atoms. The van der Waals surface area contributed by atoms with Gasteiger partial charge in [0.2, 0.25) is 0 Å². The van der Waals surface area contributed by atoms with E-state index < -0.39 is 17.3 Å². The zero-order valence-electron chi connectivity index (χ0n) is 18.0. The van der Waals surface area contributed by atoms with Crippen LogP contribution in [-0.4, -0.2) is 31.8 Å². The second kappa shape index (κ2) is 8.15. The summed E-state index contributed by atoms with van der Waals surface area (Å²) in [6.07, 6.45) is -0.991. The number of rotatable bonds is 5. The van der Waals surface area contributed by atoms with Crippen molar-refractivity contribution in [1.82, 2.24) is 19.2 Å². The first-order chi connectivity index (χ1) is 14.7. The normalized spacial score (nSPS) is 17.7. The van der Waals surface area contributed by atoms with Gasteiger partial charge in [0.05, 0.1) is 11.7 Å². The first kappa shape index (κ1) is 21.6. The number of pyridine rings is 1. The van der Waals surface area contributed by atoms with Crippen LogP contribution in [0, 0.1) is 13.8 Å². The molecule has 0 unspecified atom stereocenters. The summed E-state index contributed by atoms with van der Waals surface area (Å²) in [7, 11) is 0. The van der Waals surface area contributed by atoms with E-state index in [1.54, 1.807) is 18.2 Å². The lowest BCUT2D eigenvalue weighted by molar-refractivity contribution is -0.144. The summed E-state index contributed by atoms with van der Waals surface area (Å²) in [4.78, 5) is 14.7. The van der Waals surface area contributed by atoms with Crippen LogP contribution in [0.2, 0.25) is 0 Å². The summed E-state index contributed by atoms with van der Waals surface area (Å²) in [5.41, 5.74) is 1.91. The van der Waals surface area contributed by atoms with Crippen LogP contribution >= 0.6 is 0 Å². The number of likely N-dealkylation sites (tertiary alicyclic amines) is 1. The second-order valence-electron chi connectivity index (χ2n) is 8.36. The Morgan fingerprint density at radius 2 is 1.97 bits per heavy atom. The molecule has 0 amide bonds. The van der Waals surface area contributed by atoms with Crippen molar-refractivity contribution in [3.05, 3.63) is 63.2 Å². The van der Waals surface area contributed by atoms with Crippen LogP contribution in [0.15, 0.2) is 35.3 Å². The minimum atomic E-state index is -4.60. The maximum absolute atomic E-state index is 13.9. The largest absolute Gasteiger partial charge is 0.431 e. The molecule has 1 atom stereocenters. The Morgan fingerprint density at radius 3 is 2.65 bits per heavy atom. The Morgan fingerprint density at radius 1 is 1.19 bits per heavy atom. The molecule has 2 aromatic heterocycles. The monoisotopic (exact) mass is 432 g/mol. The van der Waals surface area contributed by atoms with E-state index in [1.807, 2.05) is 31.6 Å². The van der Waals surface area contributed by atoms with Gasteiger partial charge in [0.25, 0.3) is 0 Å². The molecule has 1 fully saturated rings. The van der Waals surface area contributed by atoms with Crippen molar-refractivity contribution >= 4 is 10.9 Å². The summed E-state index contributed by atoms with van der Waals surface area (Å²) in [6, 6.07) is 5.76. The first-order valence-electron chi connectivity index (χ1n) is 10.7. The molecule has 0 aliphatic carbocycles. The molecule has 3 aromatic rings. The molecular weight excluding hydrogens is 405 g/mol. The van der Waals surface area contributed by atoms with Crippen LogP contribution in [0.5, 0.6) is 0 Å². The van der Waals surface area contributed by atoms with E-state index in [1.165, 1.54) is 4.57 Å². The molecule has 0 saturated carbocycles. The van der Waals surface area contributed by atoms with Gasteiger partial charge in [0, 0.05) is 48.4 Å². The van der Waals surface area contributed by atoms with Gasteiger partial charge >= 0.3 is 6.18 Å². The third kappa shape index (κ3) is 4.13. The number of hydrogen-bond acceptors (Lipinski definition) is 3. The van der Waals surface area contributed by atoms with Crippen LogP contribution < -0.4 is 5.43 Å². The van der Waals surface area contributed by atoms with Crippen LogP contribution in [0.3, 0.4) is 0 Å². The van der Waals surface area contributed by atoms with E-state index >= 15 is 0 Å².